The van der Waals surface area contributed by atoms with Crippen LogP contribution in [0.5, 0.6) is 11.5 Å². The topological polar surface area (TPSA) is 45.6 Å². The largest absolute Gasteiger partial charge is 0.673 e. The lowest BCUT2D eigenvalue weighted by atomic mass is 10.1. The van der Waals surface area contributed by atoms with Gasteiger partial charge in [0.25, 0.3) is 0 Å². The number of benzene rings is 3. The summed E-state index contributed by atoms with van der Waals surface area (Å²) in [6.45, 7) is 1.16. The summed E-state index contributed by atoms with van der Waals surface area (Å²) in [5.41, 5.74) is 2.81. The van der Waals surface area contributed by atoms with Crippen molar-refractivity contribution in [1.29, 1.82) is 0 Å². The van der Waals surface area contributed by atoms with Gasteiger partial charge in [0.2, 0.25) is 11.0 Å². The maximum Gasteiger partial charge on any atom is 0.673 e. The number of hydrogen-bond acceptors (Lipinski definition) is 3. The molecule has 0 saturated carbocycles. The SMILES string of the molecule is F[B-](F)(F)F.c1ccc(-c2cc(=[NH+]c3ccc4c(c3)OCCO4)c3ccccc3o2)cc1. The molecule has 0 fully saturated rings. The van der Waals surface area contributed by atoms with Crippen LogP contribution in [0.3, 0.4) is 0 Å². The first-order chi connectivity index (χ1) is 15.4. The van der Waals surface area contributed by atoms with E-state index < -0.39 is 7.25 Å². The number of fused-ring (bicyclic) bond motifs is 2. The van der Waals surface area contributed by atoms with Crippen LogP contribution in [0, 0.1) is 0 Å². The molecule has 164 valence electrons. The van der Waals surface area contributed by atoms with E-state index in [1.807, 2.05) is 78.9 Å². The number of hydrogen-bond donors (Lipinski definition) is 1. The third kappa shape index (κ3) is 5.48. The first-order valence-corrected chi connectivity index (χ1v) is 9.82. The minimum Gasteiger partial charge on any atom is -0.486 e. The molecule has 1 N–H and O–H groups in total. The van der Waals surface area contributed by atoms with Crippen LogP contribution in [0.1, 0.15) is 0 Å². The normalized spacial score (nSPS) is 13.4. The Morgan fingerprint density at radius 2 is 1.38 bits per heavy atom. The minimum absolute atomic E-state index is 0.571. The molecular formula is C23H18BF4NO3. The van der Waals surface area contributed by atoms with Gasteiger partial charge in [-0.1, -0.05) is 42.5 Å². The van der Waals surface area contributed by atoms with Crippen LogP contribution < -0.4 is 19.8 Å². The number of rotatable bonds is 2. The van der Waals surface area contributed by atoms with Crippen LogP contribution >= 0.6 is 0 Å². The second-order valence-electron chi connectivity index (χ2n) is 6.86. The molecule has 1 aromatic heterocycles. The molecule has 2 heterocycles. The van der Waals surface area contributed by atoms with Crippen molar-refractivity contribution in [2.75, 3.05) is 13.2 Å². The maximum atomic E-state index is 9.75. The first kappa shape index (κ1) is 21.5. The van der Waals surface area contributed by atoms with E-state index in [1.165, 1.54) is 0 Å². The lowest BCUT2D eigenvalue weighted by molar-refractivity contribution is -0.401. The van der Waals surface area contributed by atoms with Crippen LogP contribution in [-0.4, -0.2) is 20.5 Å². The van der Waals surface area contributed by atoms with Crippen LogP contribution in [0.4, 0.5) is 23.0 Å². The van der Waals surface area contributed by atoms with Gasteiger partial charge < -0.3 is 31.2 Å². The summed E-state index contributed by atoms with van der Waals surface area (Å²) >= 11 is 0. The van der Waals surface area contributed by atoms with Gasteiger partial charge in [0.05, 0.1) is 17.5 Å². The number of halogens is 4. The Hall–Kier alpha value is -3.75. The van der Waals surface area contributed by atoms with Gasteiger partial charge in [0.15, 0.2) is 11.5 Å². The van der Waals surface area contributed by atoms with E-state index in [9.17, 15) is 17.3 Å². The van der Waals surface area contributed by atoms with Crippen molar-refractivity contribution in [3.63, 3.8) is 0 Å². The predicted octanol–water partition coefficient (Wildman–Crippen LogP) is 4.48. The third-order valence-electron chi connectivity index (χ3n) is 4.55. The van der Waals surface area contributed by atoms with E-state index >= 15 is 0 Å². The van der Waals surface area contributed by atoms with Crippen LogP contribution in [0.15, 0.2) is 83.3 Å². The van der Waals surface area contributed by atoms with E-state index in [4.69, 9.17) is 13.9 Å². The van der Waals surface area contributed by atoms with Crippen LogP contribution in [-0.2, 0) is 0 Å². The quantitative estimate of drug-likeness (QED) is 0.367. The Labute approximate surface area is 180 Å². The van der Waals surface area contributed by atoms with Gasteiger partial charge in [-0.15, -0.1) is 0 Å². The Morgan fingerprint density at radius 3 is 2.12 bits per heavy atom. The Kier molecular flexibility index (Phi) is 6.16. The van der Waals surface area contributed by atoms with Crippen molar-refractivity contribution in [3.8, 4) is 22.8 Å². The average molecular weight is 443 g/mol. The van der Waals surface area contributed by atoms with Gasteiger partial charge >= 0.3 is 7.25 Å². The molecule has 0 atom stereocenters. The number of para-hydroxylation sites is 1. The molecule has 0 amide bonds. The Morgan fingerprint density at radius 1 is 0.719 bits per heavy atom. The van der Waals surface area contributed by atoms with Crippen molar-refractivity contribution < 1.29 is 36.1 Å². The first-order valence-electron chi connectivity index (χ1n) is 9.82. The van der Waals surface area contributed by atoms with Crippen LogP contribution in [0.2, 0.25) is 0 Å². The molecule has 0 saturated heterocycles. The van der Waals surface area contributed by atoms with Gasteiger partial charge in [-0.3, -0.25) is 0 Å². The summed E-state index contributed by atoms with van der Waals surface area (Å²) in [4.78, 5) is 3.51. The number of ether oxygens (including phenoxy) is 2. The highest BCUT2D eigenvalue weighted by atomic mass is 19.5. The lowest BCUT2D eigenvalue weighted by Gasteiger charge is -2.17. The fourth-order valence-corrected chi connectivity index (χ4v) is 3.26. The molecular weight excluding hydrogens is 425 g/mol. The van der Waals surface area contributed by atoms with Crippen LogP contribution in [0.25, 0.3) is 22.3 Å². The molecule has 5 rings (SSSR count). The molecule has 0 radical (unpaired) electrons. The fraction of sp³-hybridized carbons (Fsp3) is 0.0870. The molecule has 1 aliphatic heterocycles. The monoisotopic (exact) mass is 443 g/mol. The van der Waals surface area contributed by atoms with E-state index in [2.05, 4.69) is 4.99 Å². The summed E-state index contributed by atoms with van der Waals surface area (Å²) in [6, 6.07) is 26.1. The standard InChI is InChI=1S/C23H17NO3.BF4/c1-2-6-16(7-3-1)22-15-19(18-8-4-5-9-20(18)27-22)24-17-10-11-21-23(14-17)26-13-12-25-21;2-1(3,4)5/h1-11,14-15H,12-13H2;/q;-1/p+1. The summed E-state index contributed by atoms with van der Waals surface area (Å²) in [6.07, 6.45) is 0. The van der Waals surface area contributed by atoms with Crippen molar-refractivity contribution >= 4 is 23.9 Å². The molecule has 9 heteroatoms. The molecule has 0 aliphatic carbocycles. The molecule has 0 bridgehead atoms. The molecule has 4 nitrogen and oxygen atoms in total. The predicted molar refractivity (Wildman–Crippen MR) is 113 cm³/mol. The second-order valence-corrected chi connectivity index (χ2v) is 6.86. The van der Waals surface area contributed by atoms with Crippen molar-refractivity contribution in [3.05, 3.63) is 84.2 Å². The average Bonchev–Trinajstić information content (AvgIpc) is 2.78. The Balaban J connectivity index is 0.000000444. The van der Waals surface area contributed by atoms with Gasteiger partial charge in [0.1, 0.15) is 24.6 Å². The van der Waals surface area contributed by atoms with Crippen molar-refractivity contribution in [1.82, 2.24) is 0 Å². The van der Waals surface area contributed by atoms with E-state index in [0.717, 1.165) is 44.8 Å². The molecule has 0 unspecified atom stereocenters. The molecule has 32 heavy (non-hydrogen) atoms. The van der Waals surface area contributed by atoms with E-state index in [1.54, 1.807) is 0 Å². The zero-order valence-corrected chi connectivity index (χ0v) is 16.7. The molecule has 3 aromatic carbocycles. The second kappa shape index (κ2) is 9.17. The fourth-order valence-electron chi connectivity index (χ4n) is 3.26. The smallest absolute Gasteiger partial charge is 0.486 e. The molecule has 0 spiro atoms. The van der Waals surface area contributed by atoms with Gasteiger partial charge in [0, 0.05) is 11.6 Å². The van der Waals surface area contributed by atoms with Gasteiger partial charge in [-0.2, -0.15) is 0 Å². The van der Waals surface area contributed by atoms with Gasteiger partial charge in [-0.05, 0) is 18.2 Å². The zero-order chi connectivity index (χ0) is 22.6. The molecule has 4 aromatic rings. The third-order valence-corrected chi connectivity index (χ3v) is 4.55. The highest BCUT2D eigenvalue weighted by molar-refractivity contribution is 6.50. The summed E-state index contributed by atoms with van der Waals surface area (Å²) in [7, 11) is -6.00. The lowest BCUT2D eigenvalue weighted by Crippen LogP contribution is -2.70. The summed E-state index contributed by atoms with van der Waals surface area (Å²) < 4.78 is 56.4. The van der Waals surface area contributed by atoms with E-state index in [0.29, 0.717) is 13.2 Å². The minimum atomic E-state index is -6.00. The highest BCUT2D eigenvalue weighted by Gasteiger charge is 2.20. The Bertz CT molecular complexity index is 1280. The molecule has 1 aliphatic rings. The highest BCUT2D eigenvalue weighted by Crippen LogP contribution is 2.31. The summed E-state index contributed by atoms with van der Waals surface area (Å²) in [5, 5.41) is 2.00. The summed E-state index contributed by atoms with van der Waals surface area (Å²) in [5.74, 6) is 2.36. The zero-order valence-electron chi connectivity index (χ0n) is 16.7. The van der Waals surface area contributed by atoms with Crippen molar-refractivity contribution in [2.24, 2.45) is 0 Å². The maximum absolute atomic E-state index is 9.75. The van der Waals surface area contributed by atoms with Gasteiger partial charge in [-0.25, -0.2) is 4.99 Å². The number of nitrogens with one attached hydrogen (secondary N) is 1. The van der Waals surface area contributed by atoms with E-state index in [-0.39, 0.29) is 0 Å². The van der Waals surface area contributed by atoms with Crippen molar-refractivity contribution in [2.45, 2.75) is 0 Å².